The molecule has 2 aliphatic rings. The molecule has 0 bridgehead atoms. The lowest BCUT2D eigenvalue weighted by molar-refractivity contribution is -0.128. The maximum atomic E-state index is 12.6. The summed E-state index contributed by atoms with van der Waals surface area (Å²) in [6.07, 6.45) is 5.65. The topological polar surface area (TPSA) is 55.8 Å². The van der Waals surface area contributed by atoms with Crippen molar-refractivity contribution in [1.82, 2.24) is 4.90 Å². The van der Waals surface area contributed by atoms with Gasteiger partial charge in [-0.15, -0.1) is 0 Å². The van der Waals surface area contributed by atoms with E-state index in [9.17, 15) is 9.00 Å². The first-order valence-corrected chi connectivity index (χ1v) is 10.6. The Kier molecular flexibility index (Phi) is 6.73. The van der Waals surface area contributed by atoms with Crippen molar-refractivity contribution >= 4 is 28.3 Å². The molecule has 2 heterocycles. The van der Waals surface area contributed by atoms with E-state index in [1.807, 2.05) is 4.90 Å². The molecule has 0 unspecified atom stereocenters. The zero-order chi connectivity index (χ0) is 17.6. The van der Waals surface area contributed by atoms with Crippen LogP contribution in [0.3, 0.4) is 0 Å². The Morgan fingerprint density at radius 2 is 1.88 bits per heavy atom. The number of amides is 1. The summed E-state index contributed by atoms with van der Waals surface area (Å²) in [5.74, 6) is 1.00. The van der Waals surface area contributed by atoms with Gasteiger partial charge in [-0.1, -0.05) is 30.9 Å². The van der Waals surface area contributed by atoms with Crippen LogP contribution in [0, 0.1) is 0 Å². The Morgan fingerprint density at radius 1 is 1.16 bits per heavy atom. The molecule has 1 atom stereocenters. The summed E-state index contributed by atoms with van der Waals surface area (Å²) in [6, 6.07) is 3.57. The van der Waals surface area contributed by atoms with Crippen molar-refractivity contribution in [2.24, 2.45) is 0 Å². The molecule has 5 nitrogen and oxygen atoms in total. The summed E-state index contributed by atoms with van der Waals surface area (Å²) in [4.78, 5) is 14.3. The number of halogens is 1. The molecule has 0 radical (unpaired) electrons. The van der Waals surface area contributed by atoms with E-state index in [0.717, 1.165) is 37.1 Å². The van der Waals surface area contributed by atoms with Gasteiger partial charge >= 0.3 is 0 Å². The first kappa shape index (κ1) is 18.7. The van der Waals surface area contributed by atoms with Crippen LogP contribution in [-0.2, 0) is 32.7 Å². The van der Waals surface area contributed by atoms with E-state index >= 15 is 0 Å². The normalized spacial score (nSPS) is 19.3. The average Bonchev–Trinajstić information content (AvgIpc) is 2.54. The molecule has 1 aromatic rings. The van der Waals surface area contributed by atoms with E-state index in [2.05, 4.69) is 0 Å². The molecule has 7 heteroatoms. The molecule has 0 aromatic heterocycles. The highest BCUT2D eigenvalue weighted by atomic mass is 35.5. The molecule has 0 saturated carbocycles. The third-order valence-electron chi connectivity index (χ3n) is 4.56. The zero-order valence-electron chi connectivity index (χ0n) is 14.3. The Balaban J connectivity index is 1.62. The van der Waals surface area contributed by atoms with Gasteiger partial charge in [0.1, 0.15) is 11.5 Å². The first-order valence-electron chi connectivity index (χ1n) is 8.78. The Morgan fingerprint density at radius 3 is 2.64 bits per heavy atom. The maximum Gasteiger partial charge on any atom is 0.235 e. The monoisotopic (exact) mass is 385 g/mol. The van der Waals surface area contributed by atoms with Gasteiger partial charge in [0.05, 0.1) is 12.4 Å². The minimum atomic E-state index is -1.29. The molecular formula is C18H24ClNO4S. The minimum Gasteiger partial charge on any atom is -0.467 e. The van der Waals surface area contributed by atoms with Crippen LogP contribution in [0.1, 0.15) is 43.2 Å². The fraction of sp³-hybridized carbons (Fsp3) is 0.611. The maximum absolute atomic E-state index is 12.6. The van der Waals surface area contributed by atoms with Crippen LogP contribution in [0.2, 0.25) is 5.02 Å². The van der Waals surface area contributed by atoms with Crippen LogP contribution in [0.5, 0.6) is 5.75 Å². The van der Waals surface area contributed by atoms with Crippen molar-refractivity contribution in [3.05, 3.63) is 28.3 Å². The van der Waals surface area contributed by atoms with Crippen molar-refractivity contribution in [3.63, 3.8) is 0 Å². The highest BCUT2D eigenvalue weighted by molar-refractivity contribution is 7.84. The number of carbonyl (C=O) groups excluding carboxylic acids is 1. The molecule has 25 heavy (non-hydrogen) atoms. The van der Waals surface area contributed by atoms with E-state index in [1.165, 1.54) is 19.3 Å². The van der Waals surface area contributed by atoms with Gasteiger partial charge in [0.25, 0.3) is 0 Å². The fourth-order valence-corrected chi connectivity index (χ4v) is 4.70. The van der Waals surface area contributed by atoms with Gasteiger partial charge in [-0.2, -0.15) is 0 Å². The smallest absolute Gasteiger partial charge is 0.235 e. The van der Waals surface area contributed by atoms with Crippen LogP contribution in [0.25, 0.3) is 0 Å². The van der Waals surface area contributed by atoms with Gasteiger partial charge in [-0.3, -0.25) is 9.00 Å². The number of likely N-dealkylation sites (tertiary alicyclic amines) is 1. The number of rotatable bonds is 4. The molecule has 2 aliphatic heterocycles. The lowest BCUT2D eigenvalue weighted by Crippen LogP contribution is -2.37. The largest absolute Gasteiger partial charge is 0.467 e. The van der Waals surface area contributed by atoms with Gasteiger partial charge in [-0.25, -0.2) is 0 Å². The van der Waals surface area contributed by atoms with Gasteiger partial charge < -0.3 is 14.4 Å². The molecule has 3 rings (SSSR count). The van der Waals surface area contributed by atoms with Crippen LogP contribution in [0.15, 0.2) is 12.1 Å². The summed E-state index contributed by atoms with van der Waals surface area (Å²) in [6.45, 7) is 2.18. The number of hydrogen-bond acceptors (Lipinski definition) is 4. The molecule has 0 spiro atoms. The summed E-state index contributed by atoms with van der Waals surface area (Å²) < 4.78 is 23.4. The molecule has 0 aliphatic carbocycles. The molecule has 1 amide bonds. The molecule has 138 valence electrons. The second-order valence-electron chi connectivity index (χ2n) is 6.54. The molecule has 1 aromatic carbocycles. The average molecular weight is 386 g/mol. The number of ether oxygens (including phenoxy) is 2. The second kappa shape index (κ2) is 9.01. The standard InChI is InChI=1S/C18H24ClNO4S/c19-16-8-14-10-23-13-24-18(14)15(9-16)11-25(22)12-17(21)20-6-4-2-1-3-5-7-20/h8-9H,1-7,10-13H2/t25-/m1/s1. The quantitative estimate of drug-likeness (QED) is 0.798. The lowest BCUT2D eigenvalue weighted by atomic mass is 10.1. The van der Waals surface area contributed by atoms with Crippen LogP contribution >= 0.6 is 11.6 Å². The van der Waals surface area contributed by atoms with Crippen molar-refractivity contribution < 1.29 is 18.5 Å². The van der Waals surface area contributed by atoms with Gasteiger partial charge in [0, 0.05) is 40.0 Å². The van der Waals surface area contributed by atoms with Crippen LogP contribution < -0.4 is 4.74 Å². The van der Waals surface area contributed by atoms with Crippen molar-refractivity contribution in [1.29, 1.82) is 0 Å². The minimum absolute atomic E-state index is 0.0135. The van der Waals surface area contributed by atoms with Crippen LogP contribution in [-0.4, -0.2) is 40.7 Å². The van der Waals surface area contributed by atoms with E-state index in [0.29, 0.717) is 17.4 Å². The molecular weight excluding hydrogens is 362 g/mol. The number of hydrogen-bond donors (Lipinski definition) is 0. The second-order valence-corrected chi connectivity index (χ2v) is 8.43. The summed E-state index contributed by atoms with van der Waals surface area (Å²) in [7, 11) is -1.29. The lowest BCUT2D eigenvalue weighted by Gasteiger charge is -2.25. The van der Waals surface area contributed by atoms with Crippen LogP contribution in [0.4, 0.5) is 0 Å². The van der Waals surface area contributed by atoms with E-state index in [4.69, 9.17) is 21.1 Å². The summed E-state index contributed by atoms with van der Waals surface area (Å²) in [5.41, 5.74) is 1.64. The summed E-state index contributed by atoms with van der Waals surface area (Å²) >= 11 is 6.14. The van der Waals surface area contributed by atoms with E-state index in [1.54, 1.807) is 12.1 Å². The van der Waals surface area contributed by atoms with Gasteiger partial charge in [0.15, 0.2) is 6.79 Å². The van der Waals surface area contributed by atoms with Crippen molar-refractivity contribution in [2.75, 3.05) is 25.6 Å². The molecule has 1 saturated heterocycles. The Bertz CT molecular complexity index is 644. The number of carbonyl (C=O) groups is 1. The van der Waals surface area contributed by atoms with Crippen molar-refractivity contribution in [2.45, 2.75) is 44.5 Å². The third-order valence-corrected chi connectivity index (χ3v) is 5.98. The Hall–Kier alpha value is -1.11. The number of benzene rings is 1. The van der Waals surface area contributed by atoms with E-state index in [-0.39, 0.29) is 24.2 Å². The SMILES string of the molecule is O=C(C[S@](=O)Cc1cc(Cl)cc2c1OCOC2)N1CCCCCCC1. The van der Waals surface area contributed by atoms with Gasteiger partial charge in [0.2, 0.25) is 5.91 Å². The van der Waals surface area contributed by atoms with E-state index < -0.39 is 10.8 Å². The fourth-order valence-electron chi connectivity index (χ4n) is 3.31. The Labute approximate surface area is 156 Å². The number of nitrogens with zero attached hydrogens (tertiary/aromatic N) is 1. The number of fused-ring (bicyclic) bond motifs is 1. The van der Waals surface area contributed by atoms with Crippen molar-refractivity contribution in [3.8, 4) is 5.75 Å². The highest BCUT2D eigenvalue weighted by Crippen LogP contribution is 2.32. The highest BCUT2D eigenvalue weighted by Gasteiger charge is 2.21. The third kappa shape index (κ3) is 5.19. The first-order chi connectivity index (χ1) is 12.1. The molecule has 1 fully saturated rings. The predicted octanol–water partition coefficient (Wildman–Crippen LogP) is 3.25. The predicted molar refractivity (Wildman–Crippen MR) is 98.1 cm³/mol. The zero-order valence-corrected chi connectivity index (χ0v) is 15.9. The summed E-state index contributed by atoms with van der Waals surface area (Å²) in [5, 5.41) is 0.565. The molecule has 0 N–H and O–H groups in total. The van der Waals surface area contributed by atoms with Gasteiger partial charge in [-0.05, 0) is 25.0 Å².